The Morgan fingerprint density at radius 2 is 2.00 bits per heavy atom. The van der Waals surface area contributed by atoms with Crippen LogP contribution < -0.4 is 5.73 Å². The van der Waals surface area contributed by atoms with Crippen molar-refractivity contribution in [2.45, 2.75) is 19.3 Å². The molecule has 1 aromatic rings. The first-order chi connectivity index (χ1) is 7.57. The van der Waals surface area contributed by atoms with Gasteiger partial charge < -0.3 is 5.73 Å². The summed E-state index contributed by atoms with van der Waals surface area (Å²) in [7, 11) is 0. The molecular formula is C12H13Cl2NO. The summed E-state index contributed by atoms with van der Waals surface area (Å²) in [4.78, 5) is 12.0. The highest BCUT2D eigenvalue weighted by atomic mass is 35.5. The molecule has 1 saturated carbocycles. The van der Waals surface area contributed by atoms with Crippen LogP contribution >= 0.6 is 23.2 Å². The molecule has 0 radical (unpaired) electrons. The van der Waals surface area contributed by atoms with Gasteiger partial charge in [0.1, 0.15) is 5.78 Å². The van der Waals surface area contributed by atoms with E-state index in [1.54, 1.807) is 12.1 Å². The second kappa shape index (κ2) is 4.36. The molecule has 0 spiro atoms. The fourth-order valence-corrected chi connectivity index (χ4v) is 2.09. The maximum absolute atomic E-state index is 12.0. The van der Waals surface area contributed by atoms with E-state index in [0.717, 1.165) is 18.4 Å². The van der Waals surface area contributed by atoms with Crippen LogP contribution in [-0.4, -0.2) is 12.3 Å². The predicted molar refractivity (Wildman–Crippen MR) is 65.9 cm³/mol. The fourth-order valence-electron chi connectivity index (χ4n) is 1.77. The summed E-state index contributed by atoms with van der Waals surface area (Å²) in [6.45, 7) is 0.452. The molecule has 0 saturated heterocycles. The first-order valence-electron chi connectivity index (χ1n) is 5.25. The van der Waals surface area contributed by atoms with E-state index in [2.05, 4.69) is 0 Å². The van der Waals surface area contributed by atoms with Gasteiger partial charge in [0.2, 0.25) is 0 Å². The molecule has 1 fully saturated rings. The van der Waals surface area contributed by atoms with Gasteiger partial charge >= 0.3 is 0 Å². The molecule has 16 heavy (non-hydrogen) atoms. The quantitative estimate of drug-likeness (QED) is 0.902. The van der Waals surface area contributed by atoms with Gasteiger partial charge in [-0.25, -0.2) is 0 Å². The minimum atomic E-state index is -0.244. The number of Topliss-reactive ketones (excluding diaryl/α,β-unsaturated/α-hetero) is 1. The normalized spacial score (nSPS) is 17.2. The molecule has 0 amide bonds. The van der Waals surface area contributed by atoms with Gasteiger partial charge in [-0.15, -0.1) is 0 Å². The molecule has 0 unspecified atom stereocenters. The lowest BCUT2D eigenvalue weighted by atomic mass is 9.95. The Balaban J connectivity index is 2.09. The summed E-state index contributed by atoms with van der Waals surface area (Å²) in [5, 5.41) is 1.00. The summed E-state index contributed by atoms with van der Waals surface area (Å²) >= 11 is 11.7. The molecule has 1 aromatic carbocycles. The van der Waals surface area contributed by atoms with E-state index in [1.165, 1.54) is 0 Å². The van der Waals surface area contributed by atoms with E-state index in [4.69, 9.17) is 28.9 Å². The Hall–Kier alpha value is -0.570. The van der Waals surface area contributed by atoms with Crippen molar-refractivity contribution in [1.29, 1.82) is 0 Å². The minimum Gasteiger partial charge on any atom is -0.329 e. The van der Waals surface area contributed by atoms with Crippen LogP contribution in [0.5, 0.6) is 0 Å². The summed E-state index contributed by atoms with van der Waals surface area (Å²) in [6.07, 6.45) is 2.24. The van der Waals surface area contributed by atoms with Gasteiger partial charge in [0, 0.05) is 18.4 Å². The van der Waals surface area contributed by atoms with Crippen LogP contribution in [0.1, 0.15) is 18.4 Å². The van der Waals surface area contributed by atoms with Crippen LogP contribution in [-0.2, 0) is 11.2 Å². The Bertz CT molecular complexity index is 427. The predicted octanol–water partition coefficient (Wildman–Crippen LogP) is 2.84. The maximum Gasteiger partial charge on any atom is 0.144 e. The summed E-state index contributed by atoms with van der Waals surface area (Å²) in [5.41, 5.74) is 6.27. The molecular weight excluding hydrogens is 245 g/mol. The lowest BCUT2D eigenvalue weighted by Crippen LogP contribution is -2.26. The van der Waals surface area contributed by atoms with Gasteiger partial charge in [-0.05, 0) is 30.5 Å². The van der Waals surface area contributed by atoms with E-state index in [1.807, 2.05) is 6.07 Å². The van der Waals surface area contributed by atoms with Crippen molar-refractivity contribution in [3.63, 3.8) is 0 Å². The van der Waals surface area contributed by atoms with Gasteiger partial charge in [-0.1, -0.05) is 29.3 Å². The second-order valence-electron chi connectivity index (χ2n) is 4.33. The van der Waals surface area contributed by atoms with Crippen molar-refractivity contribution in [3.8, 4) is 0 Å². The Morgan fingerprint density at radius 1 is 1.31 bits per heavy atom. The molecule has 0 aromatic heterocycles. The lowest BCUT2D eigenvalue weighted by molar-refractivity contribution is -0.123. The van der Waals surface area contributed by atoms with Crippen molar-refractivity contribution >= 4 is 29.0 Å². The van der Waals surface area contributed by atoms with Crippen LogP contribution in [0.3, 0.4) is 0 Å². The van der Waals surface area contributed by atoms with Crippen molar-refractivity contribution in [2.24, 2.45) is 11.1 Å². The zero-order chi connectivity index (χ0) is 11.8. The highest BCUT2D eigenvalue weighted by Gasteiger charge is 2.47. The van der Waals surface area contributed by atoms with Crippen molar-refractivity contribution in [3.05, 3.63) is 33.8 Å². The average molecular weight is 258 g/mol. The number of nitrogens with two attached hydrogens (primary N) is 1. The first kappa shape index (κ1) is 11.9. The Kier molecular flexibility index (Phi) is 3.24. The zero-order valence-corrected chi connectivity index (χ0v) is 10.3. The van der Waals surface area contributed by atoms with Crippen LogP contribution in [0.4, 0.5) is 0 Å². The number of hydrogen-bond acceptors (Lipinski definition) is 2. The molecule has 2 N–H and O–H groups in total. The second-order valence-corrected chi connectivity index (χ2v) is 5.15. The molecule has 0 aliphatic heterocycles. The van der Waals surface area contributed by atoms with E-state index >= 15 is 0 Å². The van der Waals surface area contributed by atoms with Crippen LogP contribution in [0, 0.1) is 5.41 Å². The monoisotopic (exact) mass is 257 g/mol. The van der Waals surface area contributed by atoms with Gasteiger partial charge in [0.05, 0.1) is 10.0 Å². The van der Waals surface area contributed by atoms with E-state index in [0.29, 0.717) is 23.0 Å². The molecule has 1 aliphatic carbocycles. The largest absolute Gasteiger partial charge is 0.329 e. The number of carbonyl (C=O) groups is 1. The summed E-state index contributed by atoms with van der Waals surface area (Å²) in [6, 6.07) is 5.29. The number of benzene rings is 1. The lowest BCUT2D eigenvalue weighted by Gasteiger charge is -2.11. The number of halogens is 2. The summed E-state index contributed by atoms with van der Waals surface area (Å²) < 4.78 is 0. The molecule has 0 atom stereocenters. The number of carbonyl (C=O) groups excluding carboxylic acids is 1. The molecule has 0 heterocycles. The van der Waals surface area contributed by atoms with Crippen molar-refractivity contribution < 1.29 is 4.79 Å². The molecule has 86 valence electrons. The first-order valence-corrected chi connectivity index (χ1v) is 6.00. The Labute approximate surface area is 105 Å². The summed E-state index contributed by atoms with van der Waals surface area (Å²) in [5.74, 6) is 0.216. The third kappa shape index (κ3) is 2.24. The number of ketones is 1. The van der Waals surface area contributed by atoms with Crippen LogP contribution in [0.25, 0.3) is 0 Å². The standard InChI is InChI=1S/C12H13Cl2NO/c13-9-2-1-8(5-10(9)14)6-11(16)12(7-15)3-4-12/h1-2,5H,3-4,6-7,15H2. The van der Waals surface area contributed by atoms with Crippen LogP contribution in [0.2, 0.25) is 10.0 Å². The minimum absolute atomic E-state index is 0.216. The third-order valence-corrected chi connectivity index (χ3v) is 3.92. The molecule has 4 heteroatoms. The number of rotatable bonds is 4. The van der Waals surface area contributed by atoms with Gasteiger partial charge in [0.25, 0.3) is 0 Å². The topological polar surface area (TPSA) is 43.1 Å². The SMILES string of the molecule is NCC1(C(=O)Cc2ccc(Cl)c(Cl)c2)CC1. The molecule has 0 bridgehead atoms. The highest BCUT2D eigenvalue weighted by Crippen LogP contribution is 2.46. The zero-order valence-electron chi connectivity index (χ0n) is 8.80. The fraction of sp³-hybridized carbons (Fsp3) is 0.417. The number of hydrogen-bond donors (Lipinski definition) is 1. The third-order valence-electron chi connectivity index (χ3n) is 3.18. The van der Waals surface area contributed by atoms with E-state index in [9.17, 15) is 4.79 Å². The van der Waals surface area contributed by atoms with Gasteiger partial charge in [-0.3, -0.25) is 4.79 Å². The highest BCUT2D eigenvalue weighted by molar-refractivity contribution is 6.42. The van der Waals surface area contributed by atoms with Gasteiger partial charge in [-0.2, -0.15) is 0 Å². The average Bonchev–Trinajstić information content (AvgIpc) is 3.04. The van der Waals surface area contributed by atoms with E-state index < -0.39 is 0 Å². The van der Waals surface area contributed by atoms with Crippen molar-refractivity contribution in [2.75, 3.05) is 6.54 Å². The smallest absolute Gasteiger partial charge is 0.144 e. The molecule has 2 rings (SSSR count). The molecule has 1 aliphatic rings. The maximum atomic E-state index is 12.0. The molecule has 2 nitrogen and oxygen atoms in total. The van der Waals surface area contributed by atoms with E-state index in [-0.39, 0.29) is 11.2 Å². The van der Waals surface area contributed by atoms with Crippen LogP contribution in [0.15, 0.2) is 18.2 Å². The van der Waals surface area contributed by atoms with Crippen molar-refractivity contribution in [1.82, 2.24) is 0 Å². The Morgan fingerprint density at radius 3 is 2.50 bits per heavy atom. The van der Waals surface area contributed by atoms with Gasteiger partial charge in [0.15, 0.2) is 0 Å².